The lowest BCUT2D eigenvalue weighted by atomic mass is 9.90. The molecule has 12 heteroatoms. The molecule has 2 aromatic rings. The number of esters is 1. The molecule has 0 aromatic heterocycles. The summed E-state index contributed by atoms with van der Waals surface area (Å²) in [5.41, 5.74) is 1.43. The van der Waals surface area contributed by atoms with Gasteiger partial charge >= 0.3 is 12.1 Å². The van der Waals surface area contributed by atoms with E-state index >= 15 is 0 Å². The molecule has 2 aromatic carbocycles. The van der Waals surface area contributed by atoms with Crippen molar-refractivity contribution in [1.29, 1.82) is 0 Å². The van der Waals surface area contributed by atoms with Crippen LogP contribution >= 0.6 is 22.6 Å². The van der Waals surface area contributed by atoms with Gasteiger partial charge in [-0.25, -0.2) is 9.59 Å². The number of hydrogen-bond acceptors (Lipinski definition) is 9. The van der Waals surface area contributed by atoms with Crippen LogP contribution in [0.25, 0.3) is 0 Å². The van der Waals surface area contributed by atoms with Crippen LogP contribution in [0.5, 0.6) is 11.5 Å². The molecule has 11 nitrogen and oxygen atoms in total. The summed E-state index contributed by atoms with van der Waals surface area (Å²) in [5, 5.41) is 2.82. The molecule has 3 atom stereocenters. The molecule has 0 heterocycles. The predicted octanol–water partition coefficient (Wildman–Crippen LogP) is 5.43. The SMILES string of the molecule is COCCC[C@H](CC(=O)[C@H](c1ccc(OC)c(I)c1)N(C)C(=O)OC(C)(C)C)C(=O)N[C@@H](Cc1ccc(OC)c(C)c1)C(=O)OC. The number of hydrogen-bond donors (Lipinski definition) is 1. The average molecular weight is 755 g/mol. The van der Waals surface area contributed by atoms with Crippen LogP contribution in [0.15, 0.2) is 36.4 Å². The highest BCUT2D eigenvalue weighted by Crippen LogP contribution is 2.31. The van der Waals surface area contributed by atoms with E-state index < -0.39 is 41.6 Å². The van der Waals surface area contributed by atoms with Gasteiger partial charge in [-0.15, -0.1) is 0 Å². The molecular weight excluding hydrogens is 707 g/mol. The van der Waals surface area contributed by atoms with Gasteiger partial charge in [-0.2, -0.15) is 0 Å². The zero-order chi connectivity index (χ0) is 34.6. The Balaban J connectivity index is 2.42. The van der Waals surface area contributed by atoms with Crippen LogP contribution in [0.2, 0.25) is 0 Å². The van der Waals surface area contributed by atoms with Crippen molar-refractivity contribution in [2.24, 2.45) is 5.92 Å². The molecule has 46 heavy (non-hydrogen) atoms. The molecule has 0 unspecified atom stereocenters. The number of amides is 2. The number of carbonyl (C=O) groups excluding carboxylic acids is 4. The van der Waals surface area contributed by atoms with E-state index in [1.807, 2.05) is 19.1 Å². The van der Waals surface area contributed by atoms with Gasteiger partial charge in [-0.05, 0) is 98.0 Å². The van der Waals surface area contributed by atoms with E-state index in [0.29, 0.717) is 36.5 Å². The number of ether oxygens (including phenoxy) is 5. The van der Waals surface area contributed by atoms with Crippen molar-refractivity contribution in [1.82, 2.24) is 10.2 Å². The minimum Gasteiger partial charge on any atom is -0.496 e. The van der Waals surface area contributed by atoms with E-state index in [9.17, 15) is 19.2 Å². The van der Waals surface area contributed by atoms with Crippen molar-refractivity contribution in [2.45, 2.75) is 71.1 Å². The highest BCUT2D eigenvalue weighted by atomic mass is 127. The number of Topliss-reactive ketones (excluding diaryl/α,β-unsaturated/α-hetero) is 1. The monoisotopic (exact) mass is 754 g/mol. The lowest BCUT2D eigenvalue weighted by Gasteiger charge is -2.31. The summed E-state index contributed by atoms with van der Waals surface area (Å²) in [5.74, 6) is -0.955. The van der Waals surface area contributed by atoms with Gasteiger partial charge in [-0.1, -0.05) is 18.2 Å². The van der Waals surface area contributed by atoms with Crippen molar-refractivity contribution in [2.75, 3.05) is 42.1 Å². The Hall–Kier alpha value is -3.39. The maximum Gasteiger partial charge on any atom is 0.410 e. The Morgan fingerprint density at radius 3 is 2.15 bits per heavy atom. The number of aryl methyl sites for hydroxylation is 1. The number of carbonyl (C=O) groups is 4. The normalized spacial score (nSPS) is 13.2. The first kappa shape index (κ1) is 38.8. The smallest absolute Gasteiger partial charge is 0.410 e. The van der Waals surface area contributed by atoms with Gasteiger partial charge in [0, 0.05) is 39.5 Å². The third-order valence-corrected chi connectivity index (χ3v) is 8.13. The zero-order valence-corrected chi connectivity index (χ0v) is 30.4. The van der Waals surface area contributed by atoms with Crippen LogP contribution in [0, 0.1) is 16.4 Å². The zero-order valence-electron chi connectivity index (χ0n) is 28.2. The van der Waals surface area contributed by atoms with Crippen molar-refractivity contribution in [3.8, 4) is 11.5 Å². The van der Waals surface area contributed by atoms with E-state index in [1.54, 1.807) is 66.4 Å². The minimum absolute atomic E-state index is 0.177. The second kappa shape index (κ2) is 18.1. The molecule has 1 N–H and O–H groups in total. The van der Waals surface area contributed by atoms with Crippen LogP contribution in [-0.4, -0.2) is 82.4 Å². The Bertz CT molecular complexity index is 1360. The second-order valence-electron chi connectivity index (χ2n) is 12.0. The molecule has 0 saturated heterocycles. The van der Waals surface area contributed by atoms with Crippen molar-refractivity contribution < 1.29 is 42.9 Å². The Kier molecular flexibility index (Phi) is 15.2. The number of rotatable bonds is 16. The Morgan fingerprint density at radius 1 is 0.957 bits per heavy atom. The molecule has 0 aliphatic rings. The summed E-state index contributed by atoms with van der Waals surface area (Å²) in [6, 6.07) is 8.68. The van der Waals surface area contributed by atoms with Gasteiger partial charge in [0.05, 0.1) is 24.9 Å². The first-order valence-electron chi connectivity index (χ1n) is 15.0. The van der Waals surface area contributed by atoms with E-state index in [1.165, 1.54) is 19.1 Å². The lowest BCUT2D eigenvalue weighted by molar-refractivity contribution is -0.145. The fourth-order valence-corrected chi connectivity index (χ4v) is 5.76. The van der Waals surface area contributed by atoms with E-state index in [-0.39, 0.29) is 18.6 Å². The first-order valence-corrected chi connectivity index (χ1v) is 16.1. The van der Waals surface area contributed by atoms with Gasteiger partial charge in [0.15, 0.2) is 5.78 Å². The fraction of sp³-hybridized carbons (Fsp3) is 0.529. The Morgan fingerprint density at radius 2 is 1.61 bits per heavy atom. The van der Waals surface area contributed by atoms with Crippen molar-refractivity contribution in [3.05, 3.63) is 56.7 Å². The summed E-state index contributed by atoms with van der Waals surface area (Å²) in [6.07, 6.45) is 0.0962. The minimum atomic E-state index is -1.05. The van der Waals surface area contributed by atoms with Gasteiger partial charge in [0.2, 0.25) is 5.91 Å². The lowest BCUT2D eigenvalue weighted by Crippen LogP contribution is -2.46. The fourth-order valence-electron chi connectivity index (χ4n) is 5.00. The van der Waals surface area contributed by atoms with Gasteiger partial charge in [0.1, 0.15) is 29.2 Å². The topological polar surface area (TPSA) is 130 Å². The van der Waals surface area contributed by atoms with Gasteiger partial charge in [0.25, 0.3) is 0 Å². The molecule has 0 fully saturated rings. The van der Waals surface area contributed by atoms with Crippen LogP contribution in [0.4, 0.5) is 4.79 Å². The standard InChI is InChI=1S/C34H47IN2O9/c1-21-17-22(12-14-28(21)43-7)18-26(32(40)45-9)36-31(39)24(11-10-16-42-6)20-27(38)30(37(5)33(41)46-34(2,3)4)23-13-15-29(44-8)25(35)19-23/h12-15,17,19,24,26,30H,10-11,16,18,20H2,1-9H3,(H,36,39)/t24-,26+,30+/m1/s1. The van der Waals surface area contributed by atoms with Gasteiger partial charge < -0.3 is 29.0 Å². The van der Waals surface area contributed by atoms with Crippen LogP contribution in [0.3, 0.4) is 0 Å². The highest BCUT2D eigenvalue weighted by molar-refractivity contribution is 14.1. The molecular formula is C34H47IN2O9. The summed E-state index contributed by atoms with van der Waals surface area (Å²) in [7, 11) is 7.44. The van der Waals surface area contributed by atoms with E-state index in [4.69, 9.17) is 23.7 Å². The molecule has 0 aliphatic carbocycles. The molecule has 0 aliphatic heterocycles. The summed E-state index contributed by atoms with van der Waals surface area (Å²) in [4.78, 5) is 55.2. The van der Waals surface area contributed by atoms with Crippen LogP contribution in [-0.2, 0) is 35.0 Å². The van der Waals surface area contributed by atoms with Crippen molar-refractivity contribution in [3.63, 3.8) is 0 Å². The van der Waals surface area contributed by atoms with Crippen LogP contribution in [0.1, 0.15) is 62.8 Å². The molecule has 0 saturated carbocycles. The molecule has 0 radical (unpaired) electrons. The number of likely N-dealkylation sites (N-methyl/N-ethyl adjacent to an activating group) is 1. The van der Waals surface area contributed by atoms with Crippen molar-refractivity contribution >= 4 is 46.3 Å². The second-order valence-corrected chi connectivity index (χ2v) is 13.1. The highest BCUT2D eigenvalue weighted by Gasteiger charge is 2.35. The van der Waals surface area contributed by atoms with E-state index in [2.05, 4.69) is 27.9 Å². The van der Waals surface area contributed by atoms with Crippen LogP contribution < -0.4 is 14.8 Å². The van der Waals surface area contributed by atoms with E-state index in [0.717, 1.165) is 14.7 Å². The molecule has 2 amide bonds. The quantitative estimate of drug-likeness (QED) is 0.136. The third kappa shape index (κ3) is 11.4. The third-order valence-electron chi connectivity index (χ3n) is 7.29. The number of nitrogens with zero attached hydrogens (tertiary/aromatic N) is 1. The number of benzene rings is 2. The predicted molar refractivity (Wildman–Crippen MR) is 182 cm³/mol. The molecule has 2 rings (SSSR count). The summed E-state index contributed by atoms with van der Waals surface area (Å²) in [6.45, 7) is 7.49. The molecule has 0 spiro atoms. The summed E-state index contributed by atoms with van der Waals surface area (Å²) >= 11 is 2.10. The Labute approximate surface area is 285 Å². The maximum atomic E-state index is 14.1. The summed E-state index contributed by atoms with van der Waals surface area (Å²) < 4.78 is 27.3. The van der Waals surface area contributed by atoms with Gasteiger partial charge in [-0.3, -0.25) is 14.5 Å². The number of ketones is 1. The number of halogens is 1. The molecule has 254 valence electrons. The molecule has 0 bridgehead atoms. The average Bonchev–Trinajstić information content (AvgIpc) is 2.99. The maximum absolute atomic E-state index is 14.1. The number of methoxy groups -OCH3 is 4. The largest absolute Gasteiger partial charge is 0.496 e. The first-order chi connectivity index (χ1) is 21.6. The number of nitrogens with one attached hydrogen (secondary N) is 1.